The summed E-state index contributed by atoms with van der Waals surface area (Å²) in [4.78, 5) is 12.5. The highest BCUT2D eigenvalue weighted by atomic mass is 16.5. The molecule has 24 heavy (non-hydrogen) atoms. The lowest BCUT2D eigenvalue weighted by Crippen LogP contribution is -2.54. The summed E-state index contributed by atoms with van der Waals surface area (Å²) in [5, 5.41) is 16.4. The molecule has 1 aromatic carbocycles. The van der Waals surface area contributed by atoms with E-state index in [-0.39, 0.29) is 17.9 Å². The van der Waals surface area contributed by atoms with E-state index in [1.807, 2.05) is 24.3 Å². The van der Waals surface area contributed by atoms with E-state index in [0.29, 0.717) is 12.8 Å². The van der Waals surface area contributed by atoms with Crippen molar-refractivity contribution in [1.82, 2.24) is 10.6 Å². The second-order valence-electron chi connectivity index (χ2n) is 7.55. The molecule has 1 amide bonds. The number of benzene rings is 1. The number of rotatable bonds is 5. The zero-order valence-corrected chi connectivity index (χ0v) is 15.2. The third kappa shape index (κ3) is 4.35. The normalized spacial score (nSPS) is 18.9. The molecule has 1 aliphatic rings. The topological polar surface area (TPSA) is 70.6 Å². The Balaban J connectivity index is 1.94. The Labute approximate surface area is 144 Å². The molecule has 5 heteroatoms. The van der Waals surface area contributed by atoms with Gasteiger partial charge < -0.3 is 20.5 Å². The molecule has 3 N–H and O–H groups in total. The maximum absolute atomic E-state index is 12.5. The third-order valence-electron chi connectivity index (χ3n) is 4.83. The zero-order valence-electron chi connectivity index (χ0n) is 15.2. The Morgan fingerprint density at radius 2 is 1.88 bits per heavy atom. The van der Waals surface area contributed by atoms with E-state index in [1.165, 1.54) is 5.56 Å². The van der Waals surface area contributed by atoms with Crippen LogP contribution in [0.5, 0.6) is 0 Å². The highest BCUT2D eigenvalue weighted by Gasteiger charge is 2.39. The first-order valence-corrected chi connectivity index (χ1v) is 8.61. The van der Waals surface area contributed by atoms with Crippen LogP contribution in [0.3, 0.4) is 0 Å². The van der Waals surface area contributed by atoms with Crippen molar-refractivity contribution >= 4 is 5.91 Å². The summed E-state index contributed by atoms with van der Waals surface area (Å²) in [6, 6.07) is 7.91. The maximum atomic E-state index is 12.5. The van der Waals surface area contributed by atoms with Gasteiger partial charge in [-0.25, -0.2) is 0 Å². The van der Waals surface area contributed by atoms with Gasteiger partial charge in [0.15, 0.2) is 0 Å². The van der Waals surface area contributed by atoms with Crippen LogP contribution in [0.4, 0.5) is 0 Å². The van der Waals surface area contributed by atoms with Crippen LogP contribution in [0.2, 0.25) is 0 Å². The van der Waals surface area contributed by atoms with E-state index in [2.05, 4.69) is 31.4 Å². The standard InChI is InChI=1S/C19H30N2O3/c1-18(2,3)15-7-5-14(6-8-15)16(22)13-21-17(23)19(24-4)9-11-20-12-10-19/h5-8,16,20,22H,9-13H2,1-4H3,(H,21,23). The average molecular weight is 334 g/mol. The number of carbonyl (C=O) groups is 1. The fraction of sp³-hybridized carbons (Fsp3) is 0.632. The molecule has 1 heterocycles. The van der Waals surface area contributed by atoms with Gasteiger partial charge >= 0.3 is 0 Å². The van der Waals surface area contributed by atoms with Crippen molar-refractivity contribution in [3.05, 3.63) is 35.4 Å². The van der Waals surface area contributed by atoms with Crippen LogP contribution in [0.25, 0.3) is 0 Å². The first-order valence-electron chi connectivity index (χ1n) is 8.61. The lowest BCUT2D eigenvalue weighted by molar-refractivity contribution is -0.147. The molecule has 2 rings (SSSR count). The van der Waals surface area contributed by atoms with E-state index in [4.69, 9.17) is 4.74 Å². The van der Waals surface area contributed by atoms with Gasteiger partial charge in [-0.05, 0) is 42.5 Å². The quantitative estimate of drug-likeness (QED) is 0.769. The van der Waals surface area contributed by atoms with Gasteiger partial charge in [0.1, 0.15) is 5.60 Å². The predicted octanol–water partition coefficient (Wildman–Crippen LogP) is 1.90. The van der Waals surface area contributed by atoms with Crippen molar-refractivity contribution in [1.29, 1.82) is 0 Å². The first kappa shape index (κ1) is 18.9. The fourth-order valence-electron chi connectivity index (χ4n) is 3.03. The summed E-state index contributed by atoms with van der Waals surface area (Å²) in [6.45, 7) is 8.17. The number of hydrogen-bond donors (Lipinski definition) is 3. The zero-order chi connectivity index (χ0) is 17.8. The first-order chi connectivity index (χ1) is 11.3. The predicted molar refractivity (Wildman–Crippen MR) is 95.0 cm³/mol. The van der Waals surface area contributed by atoms with Crippen molar-refractivity contribution in [3.63, 3.8) is 0 Å². The van der Waals surface area contributed by atoms with E-state index < -0.39 is 11.7 Å². The SMILES string of the molecule is COC1(C(=O)NCC(O)c2ccc(C(C)(C)C)cc2)CCNCC1. The second kappa shape index (κ2) is 7.64. The number of amides is 1. The molecule has 0 aromatic heterocycles. The Hall–Kier alpha value is -1.43. The summed E-state index contributed by atoms with van der Waals surface area (Å²) < 4.78 is 5.50. The molecule has 5 nitrogen and oxygen atoms in total. The van der Waals surface area contributed by atoms with Gasteiger partial charge in [0, 0.05) is 13.7 Å². The number of aliphatic hydroxyl groups is 1. The van der Waals surface area contributed by atoms with Gasteiger partial charge in [-0.15, -0.1) is 0 Å². The van der Waals surface area contributed by atoms with Crippen LogP contribution in [0, 0.1) is 0 Å². The molecule has 1 fully saturated rings. The highest BCUT2D eigenvalue weighted by Crippen LogP contribution is 2.25. The number of ether oxygens (including phenoxy) is 1. The molecule has 1 aliphatic heterocycles. The minimum Gasteiger partial charge on any atom is -0.387 e. The van der Waals surface area contributed by atoms with Gasteiger partial charge in [0.05, 0.1) is 6.10 Å². The molecule has 1 unspecified atom stereocenters. The summed E-state index contributed by atoms with van der Waals surface area (Å²) in [5.74, 6) is -0.142. The third-order valence-corrected chi connectivity index (χ3v) is 4.83. The molecule has 134 valence electrons. The Bertz CT molecular complexity index is 543. The molecule has 0 aliphatic carbocycles. The van der Waals surface area contributed by atoms with Crippen molar-refractivity contribution in [2.24, 2.45) is 0 Å². The van der Waals surface area contributed by atoms with E-state index in [9.17, 15) is 9.90 Å². The van der Waals surface area contributed by atoms with Gasteiger partial charge in [-0.1, -0.05) is 45.0 Å². The molecule has 1 saturated heterocycles. The van der Waals surface area contributed by atoms with Crippen molar-refractivity contribution in [3.8, 4) is 0 Å². The average Bonchev–Trinajstić information content (AvgIpc) is 2.59. The van der Waals surface area contributed by atoms with Crippen LogP contribution in [-0.4, -0.2) is 43.4 Å². The number of piperidine rings is 1. The lowest BCUT2D eigenvalue weighted by atomic mass is 9.86. The van der Waals surface area contributed by atoms with E-state index in [1.54, 1.807) is 7.11 Å². The van der Waals surface area contributed by atoms with Gasteiger partial charge in [-0.2, -0.15) is 0 Å². The number of carbonyl (C=O) groups excluding carboxylic acids is 1. The summed E-state index contributed by atoms with van der Waals surface area (Å²) >= 11 is 0. The lowest BCUT2D eigenvalue weighted by Gasteiger charge is -2.35. The van der Waals surface area contributed by atoms with Crippen LogP contribution in [-0.2, 0) is 14.9 Å². The minimum absolute atomic E-state index is 0.0809. The Kier molecular flexibility index (Phi) is 6.01. The van der Waals surface area contributed by atoms with Gasteiger partial charge in [-0.3, -0.25) is 4.79 Å². The molecule has 1 aromatic rings. The number of hydrogen-bond acceptors (Lipinski definition) is 4. The second-order valence-corrected chi connectivity index (χ2v) is 7.55. The van der Waals surface area contributed by atoms with Crippen LogP contribution >= 0.6 is 0 Å². The molecule has 1 atom stereocenters. The molecule has 0 radical (unpaired) electrons. The number of methoxy groups -OCH3 is 1. The smallest absolute Gasteiger partial charge is 0.252 e. The van der Waals surface area contributed by atoms with Crippen LogP contribution in [0.15, 0.2) is 24.3 Å². The Morgan fingerprint density at radius 1 is 1.29 bits per heavy atom. The molecular weight excluding hydrogens is 304 g/mol. The monoisotopic (exact) mass is 334 g/mol. The number of nitrogens with one attached hydrogen (secondary N) is 2. The highest BCUT2D eigenvalue weighted by molar-refractivity contribution is 5.85. The number of aliphatic hydroxyl groups excluding tert-OH is 1. The van der Waals surface area contributed by atoms with Crippen molar-refractivity contribution in [2.45, 2.75) is 50.7 Å². The van der Waals surface area contributed by atoms with Gasteiger partial charge in [0.2, 0.25) is 0 Å². The molecule has 0 saturated carbocycles. The van der Waals surface area contributed by atoms with Crippen molar-refractivity contribution < 1.29 is 14.6 Å². The minimum atomic E-state index is -0.777. The van der Waals surface area contributed by atoms with E-state index >= 15 is 0 Å². The summed E-state index contributed by atoms with van der Waals surface area (Å²) in [6.07, 6.45) is 0.566. The molecule has 0 bridgehead atoms. The summed E-state index contributed by atoms with van der Waals surface area (Å²) in [7, 11) is 1.58. The van der Waals surface area contributed by atoms with Crippen LogP contribution < -0.4 is 10.6 Å². The van der Waals surface area contributed by atoms with Gasteiger partial charge in [0.25, 0.3) is 5.91 Å². The van der Waals surface area contributed by atoms with Crippen molar-refractivity contribution in [2.75, 3.05) is 26.7 Å². The van der Waals surface area contributed by atoms with E-state index in [0.717, 1.165) is 18.7 Å². The summed E-state index contributed by atoms with van der Waals surface area (Å²) in [5.41, 5.74) is 1.33. The fourth-order valence-corrected chi connectivity index (χ4v) is 3.03. The Morgan fingerprint density at radius 3 is 2.38 bits per heavy atom. The maximum Gasteiger partial charge on any atom is 0.252 e. The largest absolute Gasteiger partial charge is 0.387 e. The molecule has 0 spiro atoms. The van der Waals surface area contributed by atoms with Crippen LogP contribution in [0.1, 0.15) is 50.8 Å². The molecular formula is C19H30N2O3.